The van der Waals surface area contributed by atoms with E-state index in [-0.39, 0.29) is 12.0 Å². The summed E-state index contributed by atoms with van der Waals surface area (Å²) in [5, 5.41) is 2.68. The van der Waals surface area contributed by atoms with E-state index in [4.69, 9.17) is 13.9 Å². The fraction of sp³-hybridized carbons (Fsp3) is 0.500. The van der Waals surface area contributed by atoms with Crippen molar-refractivity contribution < 1.29 is 18.7 Å². The van der Waals surface area contributed by atoms with Crippen LogP contribution in [0.25, 0.3) is 0 Å². The Labute approximate surface area is 88.4 Å². The Hall–Kier alpha value is -1.33. The second-order valence-electron chi connectivity index (χ2n) is 3.00. The number of rotatable bonds is 6. The van der Waals surface area contributed by atoms with E-state index in [1.807, 2.05) is 0 Å². The molecule has 0 aliphatic carbocycles. The Morgan fingerprint density at radius 2 is 2.40 bits per heavy atom. The molecule has 5 heteroatoms. The molecular formula is C10H15NO4. The summed E-state index contributed by atoms with van der Waals surface area (Å²) in [6.45, 7) is 0.832. The quantitative estimate of drug-likeness (QED) is 0.754. The van der Waals surface area contributed by atoms with E-state index in [1.54, 1.807) is 26.4 Å². The molecule has 0 aliphatic rings. The largest absolute Gasteiger partial charge is 0.459 e. The van der Waals surface area contributed by atoms with Gasteiger partial charge in [0, 0.05) is 20.8 Å². The molecule has 1 aromatic heterocycles. The van der Waals surface area contributed by atoms with Crippen molar-refractivity contribution in [3.63, 3.8) is 0 Å². The summed E-state index contributed by atoms with van der Waals surface area (Å²) in [6, 6.07) is 3.27. The van der Waals surface area contributed by atoms with Crippen molar-refractivity contribution in [3.8, 4) is 0 Å². The van der Waals surface area contributed by atoms with Crippen LogP contribution in [0.15, 0.2) is 22.8 Å². The molecule has 1 N–H and O–H groups in total. The Kier molecular flexibility index (Phi) is 4.86. The molecule has 1 heterocycles. The molecule has 0 aliphatic heterocycles. The molecule has 15 heavy (non-hydrogen) atoms. The second kappa shape index (κ2) is 6.21. The lowest BCUT2D eigenvalue weighted by Gasteiger charge is -2.14. The average Bonchev–Trinajstić information content (AvgIpc) is 2.77. The first kappa shape index (κ1) is 11.7. The minimum absolute atomic E-state index is 0.145. The van der Waals surface area contributed by atoms with E-state index >= 15 is 0 Å². The number of nitrogens with one attached hydrogen (secondary N) is 1. The van der Waals surface area contributed by atoms with Gasteiger partial charge in [0.25, 0.3) is 5.91 Å². The Morgan fingerprint density at radius 3 is 2.93 bits per heavy atom. The maximum absolute atomic E-state index is 11.4. The van der Waals surface area contributed by atoms with Crippen LogP contribution in [0.4, 0.5) is 0 Å². The van der Waals surface area contributed by atoms with Crippen LogP contribution in [-0.4, -0.2) is 39.4 Å². The molecule has 1 amide bonds. The number of ether oxygens (including phenoxy) is 2. The minimum atomic E-state index is -0.252. The first-order valence-corrected chi connectivity index (χ1v) is 4.61. The molecule has 1 unspecified atom stereocenters. The third kappa shape index (κ3) is 3.73. The Morgan fingerprint density at radius 1 is 1.60 bits per heavy atom. The normalized spacial score (nSPS) is 12.4. The lowest BCUT2D eigenvalue weighted by atomic mass is 10.3. The summed E-state index contributed by atoms with van der Waals surface area (Å²) in [4.78, 5) is 11.4. The van der Waals surface area contributed by atoms with Crippen LogP contribution < -0.4 is 5.32 Å². The van der Waals surface area contributed by atoms with Crippen molar-refractivity contribution in [1.29, 1.82) is 0 Å². The maximum atomic E-state index is 11.4. The summed E-state index contributed by atoms with van der Waals surface area (Å²) < 4.78 is 14.9. The van der Waals surface area contributed by atoms with E-state index in [2.05, 4.69) is 5.32 Å². The standard InChI is InChI=1S/C10H15NO4/c1-13-7-8(14-2)6-11-10(12)9-4-3-5-15-9/h3-5,8H,6-7H2,1-2H3,(H,11,12). The highest BCUT2D eigenvalue weighted by atomic mass is 16.5. The van der Waals surface area contributed by atoms with Crippen LogP contribution in [0.5, 0.6) is 0 Å². The van der Waals surface area contributed by atoms with Gasteiger partial charge in [0.2, 0.25) is 0 Å². The van der Waals surface area contributed by atoms with Gasteiger partial charge in [-0.1, -0.05) is 0 Å². The van der Waals surface area contributed by atoms with Crippen molar-refractivity contribution in [2.75, 3.05) is 27.4 Å². The third-order valence-electron chi connectivity index (χ3n) is 1.92. The van der Waals surface area contributed by atoms with Crippen molar-refractivity contribution in [3.05, 3.63) is 24.2 Å². The van der Waals surface area contributed by atoms with E-state index in [1.165, 1.54) is 6.26 Å². The molecule has 0 bridgehead atoms. The lowest BCUT2D eigenvalue weighted by Crippen LogP contribution is -2.35. The van der Waals surface area contributed by atoms with Crippen LogP contribution in [0.1, 0.15) is 10.6 Å². The van der Waals surface area contributed by atoms with E-state index in [0.29, 0.717) is 18.9 Å². The van der Waals surface area contributed by atoms with Gasteiger partial charge in [-0.2, -0.15) is 0 Å². The third-order valence-corrected chi connectivity index (χ3v) is 1.92. The highest BCUT2D eigenvalue weighted by Gasteiger charge is 2.11. The van der Waals surface area contributed by atoms with E-state index in [0.717, 1.165) is 0 Å². The Bertz CT molecular complexity index is 284. The van der Waals surface area contributed by atoms with Crippen LogP contribution in [-0.2, 0) is 9.47 Å². The number of carbonyl (C=O) groups excluding carboxylic acids is 1. The number of hydrogen-bond acceptors (Lipinski definition) is 4. The van der Waals surface area contributed by atoms with Gasteiger partial charge in [0.15, 0.2) is 5.76 Å². The van der Waals surface area contributed by atoms with Crippen LogP contribution in [0.3, 0.4) is 0 Å². The molecule has 0 radical (unpaired) electrons. The van der Waals surface area contributed by atoms with Gasteiger partial charge in [-0.25, -0.2) is 0 Å². The number of amides is 1. The molecule has 1 rings (SSSR count). The lowest BCUT2D eigenvalue weighted by molar-refractivity contribution is 0.0283. The molecule has 0 saturated heterocycles. The zero-order valence-electron chi connectivity index (χ0n) is 8.86. The molecule has 0 fully saturated rings. The van der Waals surface area contributed by atoms with Gasteiger partial charge >= 0.3 is 0 Å². The predicted octanol–water partition coefficient (Wildman–Crippen LogP) is 0.671. The molecule has 0 spiro atoms. The van der Waals surface area contributed by atoms with Gasteiger partial charge in [0.1, 0.15) is 0 Å². The molecule has 0 saturated carbocycles. The van der Waals surface area contributed by atoms with Crippen LogP contribution >= 0.6 is 0 Å². The van der Waals surface area contributed by atoms with Crippen LogP contribution in [0, 0.1) is 0 Å². The summed E-state index contributed by atoms with van der Waals surface area (Å²) >= 11 is 0. The number of furan rings is 1. The Balaban J connectivity index is 2.33. The fourth-order valence-corrected chi connectivity index (χ4v) is 1.10. The average molecular weight is 213 g/mol. The summed E-state index contributed by atoms with van der Waals surface area (Å²) in [6.07, 6.45) is 1.31. The second-order valence-corrected chi connectivity index (χ2v) is 3.00. The number of methoxy groups -OCH3 is 2. The predicted molar refractivity (Wildman–Crippen MR) is 53.7 cm³/mol. The zero-order chi connectivity index (χ0) is 11.1. The van der Waals surface area contributed by atoms with Crippen LogP contribution in [0.2, 0.25) is 0 Å². The highest BCUT2D eigenvalue weighted by molar-refractivity contribution is 5.91. The highest BCUT2D eigenvalue weighted by Crippen LogP contribution is 1.99. The topological polar surface area (TPSA) is 60.7 Å². The van der Waals surface area contributed by atoms with Crippen molar-refractivity contribution in [2.24, 2.45) is 0 Å². The molecule has 84 valence electrons. The number of carbonyl (C=O) groups is 1. The zero-order valence-corrected chi connectivity index (χ0v) is 8.86. The molecule has 0 aromatic carbocycles. The van der Waals surface area contributed by atoms with E-state index < -0.39 is 0 Å². The smallest absolute Gasteiger partial charge is 0.287 e. The van der Waals surface area contributed by atoms with Gasteiger partial charge in [-0.05, 0) is 12.1 Å². The van der Waals surface area contributed by atoms with Gasteiger partial charge in [-0.3, -0.25) is 4.79 Å². The fourth-order valence-electron chi connectivity index (χ4n) is 1.10. The maximum Gasteiger partial charge on any atom is 0.287 e. The van der Waals surface area contributed by atoms with Crippen molar-refractivity contribution >= 4 is 5.91 Å². The van der Waals surface area contributed by atoms with Crippen molar-refractivity contribution in [1.82, 2.24) is 5.32 Å². The number of hydrogen-bond donors (Lipinski definition) is 1. The molecule has 1 atom stereocenters. The van der Waals surface area contributed by atoms with Crippen molar-refractivity contribution in [2.45, 2.75) is 6.10 Å². The van der Waals surface area contributed by atoms with Gasteiger partial charge < -0.3 is 19.2 Å². The molecule has 1 aromatic rings. The minimum Gasteiger partial charge on any atom is -0.459 e. The van der Waals surface area contributed by atoms with E-state index in [9.17, 15) is 4.79 Å². The summed E-state index contributed by atoms with van der Waals surface area (Å²) in [5.74, 6) is 0.0421. The first-order valence-electron chi connectivity index (χ1n) is 4.61. The summed E-state index contributed by atoms with van der Waals surface area (Å²) in [7, 11) is 3.16. The van der Waals surface area contributed by atoms with Gasteiger partial charge in [0.05, 0.1) is 19.0 Å². The molecular weight excluding hydrogens is 198 g/mol. The van der Waals surface area contributed by atoms with Gasteiger partial charge in [-0.15, -0.1) is 0 Å². The SMILES string of the molecule is COCC(CNC(=O)c1ccco1)OC. The summed E-state index contributed by atoms with van der Waals surface area (Å²) in [5.41, 5.74) is 0. The first-order chi connectivity index (χ1) is 7.27. The monoisotopic (exact) mass is 213 g/mol. The molecule has 5 nitrogen and oxygen atoms in total.